The molecule has 0 spiro atoms. The Morgan fingerprint density at radius 2 is 2.07 bits per heavy atom. The number of rotatable bonds is 9. The average molecular weight is 420 g/mol. The third kappa shape index (κ3) is 5.90. The highest BCUT2D eigenvalue weighted by Gasteiger charge is 2.22. The molecule has 2 amide bonds. The van der Waals surface area contributed by atoms with E-state index in [1.807, 2.05) is 26.0 Å². The minimum Gasteiger partial charge on any atom is -0.494 e. The number of hydrogen-bond donors (Lipinski definition) is 2. The van der Waals surface area contributed by atoms with Crippen LogP contribution < -0.4 is 20.1 Å². The van der Waals surface area contributed by atoms with E-state index in [0.29, 0.717) is 24.7 Å². The molecule has 9 heteroatoms. The molecule has 0 fully saturated rings. The van der Waals surface area contributed by atoms with E-state index < -0.39 is 0 Å². The first-order valence-corrected chi connectivity index (χ1v) is 10.6. The smallest absolute Gasteiger partial charge is 0.235 e. The Morgan fingerprint density at radius 3 is 2.79 bits per heavy atom. The van der Waals surface area contributed by atoms with Gasteiger partial charge in [0.15, 0.2) is 5.82 Å². The molecule has 29 heavy (non-hydrogen) atoms. The van der Waals surface area contributed by atoms with Gasteiger partial charge in [-0.25, -0.2) is 0 Å². The van der Waals surface area contributed by atoms with Crippen molar-refractivity contribution in [1.29, 1.82) is 0 Å². The molecule has 8 nitrogen and oxygen atoms in total. The van der Waals surface area contributed by atoms with Crippen molar-refractivity contribution in [2.75, 3.05) is 23.4 Å². The molecule has 1 aliphatic heterocycles. The molecule has 156 valence electrons. The summed E-state index contributed by atoms with van der Waals surface area (Å²) in [6, 6.07) is 5.56. The fourth-order valence-electron chi connectivity index (χ4n) is 2.99. The number of nitrogens with one attached hydrogen (secondary N) is 2. The summed E-state index contributed by atoms with van der Waals surface area (Å²) in [5.41, 5.74) is 2.00. The number of carbonyl (C=O) groups is 2. The number of anilines is 1. The number of benzene rings is 1. The summed E-state index contributed by atoms with van der Waals surface area (Å²) in [5, 5.41) is 9.19. The van der Waals surface area contributed by atoms with Gasteiger partial charge in [0.2, 0.25) is 11.8 Å². The second-order valence-electron chi connectivity index (χ2n) is 6.77. The van der Waals surface area contributed by atoms with Crippen LogP contribution in [0.1, 0.15) is 30.7 Å². The van der Waals surface area contributed by atoms with Gasteiger partial charge in [0.25, 0.3) is 0 Å². The number of aryl methyl sites for hydroxylation is 1. The van der Waals surface area contributed by atoms with Gasteiger partial charge in [0, 0.05) is 30.2 Å². The van der Waals surface area contributed by atoms with Crippen molar-refractivity contribution in [3.8, 4) is 11.5 Å². The molecule has 1 atom stereocenters. The van der Waals surface area contributed by atoms with E-state index in [4.69, 9.17) is 14.0 Å². The standard InChI is InChI=1S/C20H25N3O5S/c1-4-26-16-7-14-5-12(2)27-17(14)8-15(16)9-21-19(24)10-29-11-20(25)22-18-6-13(3)28-23-18/h6-8,12H,4-5,9-11H2,1-3H3,(H,21,24)(H,22,23,25)/t12-/m0/s1. The minimum atomic E-state index is -0.236. The lowest BCUT2D eigenvalue weighted by atomic mass is 10.1. The highest BCUT2D eigenvalue weighted by Crippen LogP contribution is 2.35. The summed E-state index contributed by atoms with van der Waals surface area (Å²) in [5.74, 6) is 2.52. The second-order valence-corrected chi connectivity index (χ2v) is 7.76. The molecule has 3 rings (SSSR count). The lowest BCUT2D eigenvalue weighted by Crippen LogP contribution is -2.26. The normalized spacial score (nSPS) is 14.8. The van der Waals surface area contributed by atoms with Gasteiger partial charge in [-0.3, -0.25) is 9.59 Å². The van der Waals surface area contributed by atoms with Crippen LogP contribution >= 0.6 is 11.8 Å². The first kappa shape index (κ1) is 21.0. The maximum Gasteiger partial charge on any atom is 0.235 e. The van der Waals surface area contributed by atoms with Crippen LogP contribution in [-0.4, -0.2) is 41.2 Å². The molecule has 0 radical (unpaired) electrons. The van der Waals surface area contributed by atoms with Gasteiger partial charge in [-0.15, -0.1) is 11.8 Å². The minimum absolute atomic E-state index is 0.146. The van der Waals surface area contributed by atoms with E-state index in [-0.39, 0.29) is 29.4 Å². The van der Waals surface area contributed by atoms with E-state index in [1.165, 1.54) is 11.8 Å². The van der Waals surface area contributed by atoms with Gasteiger partial charge in [-0.2, -0.15) is 0 Å². The Hall–Kier alpha value is -2.68. The van der Waals surface area contributed by atoms with Crippen molar-refractivity contribution in [1.82, 2.24) is 10.5 Å². The van der Waals surface area contributed by atoms with E-state index in [1.54, 1.807) is 13.0 Å². The zero-order valence-electron chi connectivity index (χ0n) is 16.7. The Balaban J connectivity index is 1.45. The number of fused-ring (bicyclic) bond motifs is 1. The summed E-state index contributed by atoms with van der Waals surface area (Å²) in [4.78, 5) is 24.0. The molecule has 2 aromatic rings. The molecule has 1 aliphatic rings. The summed E-state index contributed by atoms with van der Waals surface area (Å²) in [6.07, 6.45) is 1.00. The molecular formula is C20H25N3O5S. The lowest BCUT2D eigenvalue weighted by molar-refractivity contribution is -0.118. The van der Waals surface area contributed by atoms with Crippen LogP contribution in [0, 0.1) is 6.92 Å². The van der Waals surface area contributed by atoms with E-state index >= 15 is 0 Å². The van der Waals surface area contributed by atoms with Crippen molar-refractivity contribution in [2.45, 2.75) is 39.8 Å². The Labute approximate surface area is 173 Å². The average Bonchev–Trinajstić information content (AvgIpc) is 3.23. The van der Waals surface area contributed by atoms with Crippen molar-refractivity contribution in [3.05, 3.63) is 35.1 Å². The van der Waals surface area contributed by atoms with Crippen molar-refractivity contribution in [3.63, 3.8) is 0 Å². The van der Waals surface area contributed by atoms with Gasteiger partial charge in [-0.1, -0.05) is 5.16 Å². The van der Waals surface area contributed by atoms with Crippen LogP contribution in [0.15, 0.2) is 22.7 Å². The fraction of sp³-hybridized carbons (Fsp3) is 0.450. The molecule has 1 aromatic carbocycles. The van der Waals surface area contributed by atoms with Crippen LogP contribution in [0.25, 0.3) is 0 Å². The van der Waals surface area contributed by atoms with Crippen molar-refractivity contribution in [2.24, 2.45) is 0 Å². The van der Waals surface area contributed by atoms with E-state index in [2.05, 4.69) is 15.8 Å². The van der Waals surface area contributed by atoms with Gasteiger partial charge in [0.1, 0.15) is 23.4 Å². The first-order valence-electron chi connectivity index (χ1n) is 9.47. The number of amides is 2. The lowest BCUT2D eigenvalue weighted by Gasteiger charge is -2.13. The summed E-state index contributed by atoms with van der Waals surface area (Å²) < 4.78 is 16.4. The Kier molecular flexibility index (Phi) is 7.03. The highest BCUT2D eigenvalue weighted by molar-refractivity contribution is 8.00. The maximum absolute atomic E-state index is 12.2. The number of carbonyl (C=O) groups excluding carboxylic acids is 2. The van der Waals surface area contributed by atoms with Crippen LogP contribution in [0.4, 0.5) is 5.82 Å². The predicted octanol–water partition coefficient (Wildman–Crippen LogP) is 2.69. The highest BCUT2D eigenvalue weighted by atomic mass is 32.2. The van der Waals surface area contributed by atoms with Gasteiger partial charge in [0.05, 0.1) is 18.1 Å². The molecule has 0 unspecified atom stereocenters. The van der Waals surface area contributed by atoms with E-state index in [9.17, 15) is 9.59 Å². The molecule has 0 aliphatic carbocycles. The summed E-state index contributed by atoms with van der Waals surface area (Å²) in [6.45, 7) is 6.58. The fourth-order valence-corrected chi connectivity index (χ4v) is 3.64. The maximum atomic E-state index is 12.2. The molecule has 2 heterocycles. The largest absolute Gasteiger partial charge is 0.494 e. The SMILES string of the molecule is CCOc1cc2c(cc1CNC(=O)CSCC(=O)Nc1cc(C)on1)O[C@@H](C)C2. The zero-order chi connectivity index (χ0) is 20.8. The number of aromatic nitrogens is 1. The number of thioether (sulfide) groups is 1. The first-order chi connectivity index (χ1) is 13.9. The molecule has 0 saturated carbocycles. The van der Waals surface area contributed by atoms with Crippen LogP contribution in [0.5, 0.6) is 11.5 Å². The Morgan fingerprint density at radius 1 is 1.28 bits per heavy atom. The molecule has 2 N–H and O–H groups in total. The quantitative estimate of drug-likeness (QED) is 0.644. The van der Waals surface area contributed by atoms with Gasteiger partial charge >= 0.3 is 0 Å². The third-order valence-corrected chi connectivity index (χ3v) is 5.15. The van der Waals surface area contributed by atoms with Crippen LogP contribution in [0.2, 0.25) is 0 Å². The predicted molar refractivity (Wildman–Crippen MR) is 110 cm³/mol. The topological polar surface area (TPSA) is 103 Å². The molecule has 0 saturated heterocycles. The van der Waals surface area contributed by atoms with Gasteiger partial charge < -0.3 is 24.6 Å². The number of nitrogens with zero attached hydrogens (tertiary/aromatic N) is 1. The van der Waals surface area contributed by atoms with Crippen LogP contribution in [-0.2, 0) is 22.6 Å². The molecule has 0 bridgehead atoms. The zero-order valence-corrected chi connectivity index (χ0v) is 17.6. The van der Waals surface area contributed by atoms with Crippen molar-refractivity contribution >= 4 is 29.4 Å². The Bertz CT molecular complexity index is 883. The van der Waals surface area contributed by atoms with Crippen molar-refractivity contribution < 1.29 is 23.6 Å². The second kappa shape index (κ2) is 9.69. The van der Waals surface area contributed by atoms with E-state index in [0.717, 1.165) is 29.0 Å². The number of ether oxygens (including phenoxy) is 2. The number of hydrogen-bond acceptors (Lipinski definition) is 7. The van der Waals surface area contributed by atoms with Gasteiger partial charge in [-0.05, 0) is 32.9 Å². The molecular weight excluding hydrogens is 394 g/mol. The summed E-state index contributed by atoms with van der Waals surface area (Å²) in [7, 11) is 0. The summed E-state index contributed by atoms with van der Waals surface area (Å²) >= 11 is 1.23. The monoisotopic (exact) mass is 419 g/mol. The van der Waals surface area contributed by atoms with Crippen LogP contribution in [0.3, 0.4) is 0 Å². The molecule has 1 aromatic heterocycles. The third-order valence-electron chi connectivity index (χ3n) is 4.22.